The highest BCUT2D eigenvalue weighted by Gasteiger charge is 1.90. The molecule has 444 valence electrons. The summed E-state index contributed by atoms with van der Waals surface area (Å²) in [6, 6.07) is 11.5. The van der Waals surface area contributed by atoms with E-state index in [0.717, 1.165) is 32.9 Å². The number of H-pyrrole nitrogens is 3. The van der Waals surface area contributed by atoms with Gasteiger partial charge in [0, 0.05) is 97.4 Å². The minimum absolute atomic E-state index is 0.623. The number of nitrogens with one attached hydrogen (secondary N) is 3. The summed E-state index contributed by atoms with van der Waals surface area (Å²) in [5.74, 6) is 2.10. The topological polar surface area (TPSA) is 233 Å². The molecule has 78 heavy (non-hydrogen) atoms. The monoisotopic (exact) mass is 1160 g/mol. The lowest BCUT2D eigenvalue weighted by atomic mass is 10.4. The molecule has 0 fully saturated rings. The van der Waals surface area contributed by atoms with Crippen molar-refractivity contribution < 1.29 is 8.94 Å². The van der Waals surface area contributed by atoms with E-state index in [2.05, 4.69) is 78.9 Å². The van der Waals surface area contributed by atoms with Crippen molar-refractivity contribution in [2.45, 2.75) is 187 Å². The summed E-state index contributed by atoms with van der Waals surface area (Å²) in [6.07, 6.45) is 16.0. The molecule has 0 saturated carbocycles. The van der Waals surface area contributed by atoms with Crippen LogP contribution in [0, 0.1) is 76.2 Å². The molecule has 10 heterocycles. The van der Waals surface area contributed by atoms with Crippen LogP contribution in [0.3, 0.4) is 0 Å². The number of nitrogens with zero attached hydrogens (tertiary/aromatic N) is 13. The summed E-state index contributed by atoms with van der Waals surface area (Å²) in [5.41, 5.74) is 5.75. The number of aromatic amines is 3. The largest absolute Gasteiger partial charge is 0.426 e. The van der Waals surface area contributed by atoms with E-state index in [1.807, 2.05) is 240 Å². The van der Waals surface area contributed by atoms with Crippen LogP contribution >= 0.6 is 45.9 Å². The Morgan fingerprint density at radius 2 is 1.04 bits per heavy atom. The molecule has 3 N–H and O–H groups in total. The highest BCUT2D eigenvalue weighted by atomic mass is 32.1. The van der Waals surface area contributed by atoms with Crippen molar-refractivity contribution in [3.8, 4) is 0 Å². The van der Waals surface area contributed by atoms with E-state index in [-0.39, 0.29) is 0 Å². The molecule has 10 rings (SSSR count). The maximum absolute atomic E-state index is 4.86. The molecule has 0 saturated heterocycles. The second-order valence-electron chi connectivity index (χ2n) is 12.2. The minimum atomic E-state index is 0.623. The van der Waals surface area contributed by atoms with Crippen LogP contribution in [0.25, 0.3) is 0 Å². The second kappa shape index (κ2) is 74.9. The number of aryl methyl sites for hydroxylation is 12. The Balaban J connectivity index is -0.000000113. The molecule has 0 amide bonds. The molecule has 18 nitrogen and oxygen atoms in total. The SMILES string of the molecule is CC.CC.CC.CC.CC.CC.CC.CC.Cc1ccn[nH]1.Cc1ccn[nH]1.Cc1ccno1.Cc1ccns1.Cc1ccsn1.Cc1cn[nH]c1.Cc1cnsc1.Cc1nnc(C)o1.Cc1nnc(C)s1.Cn1cccn1. The van der Waals surface area contributed by atoms with Gasteiger partial charge in [0.2, 0.25) is 11.8 Å². The van der Waals surface area contributed by atoms with Gasteiger partial charge in [0.15, 0.2) is 0 Å². The Morgan fingerprint density at radius 3 is 1.15 bits per heavy atom. The van der Waals surface area contributed by atoms with E-state index in [4.69, 9.17) is 4.42 Å². The maximum Gasteiger partial charge on any atom is 0.213 e. The predicted octanol–water partition coefficient (Wildman–Crippen LogP) is 18.0. The van der Waals surface area contributed by atoms with Gasteiger partial charge in [0.1, 0.15) is 15.8 Å². The highest BCUT2D eigenvalue weighted by molar-refractivity contribution is 7.11. The van der Waals surface area contributed by atoms with Crippen LogP contribution in [0.1, 0.15) is 171 Å². The lowest BCUT2D eigenvalue weighted by Crippen LogP contribution is -1.83. The molecule has 0 radical (unpaired) electrons. The van der Waals surface area contributed by atoms with E-state index in [9.17, 15) is 0 Å². The Bertz CT molecular complexity index is 1870. The van der Waals surface area contributed by atoms with Gasteiger partial charge in [-0.15, -0.1) is 31.7 Å². The van der Waals surface area contributed by atoms with E-state index in [1.165, 1.54) is 50.6 Å². The van der Waals surface area contributed by atoms with E-state index >= 15 is 0 Å². The lowest BCUT2D eigenvalue weighted by Gasteiger charge is -1.77. The minimum Gasteiger partial charge on any atom is -0.426 e. The quantitative estimate of drug-likeness (QED) is 0.128. The summed E-state index contributed by atoms with van der Waals surface area (Å²) in [7, 11) is 1.89. The molecule has 10 aromatic rings. The van der Waals surface area contributed by atoms with Crippen molar-refractivity contribution in [2.75, 3.05) is 0 Å². The number of aromatic nitrogens is 16. The molecular formula is C56H104N16O2S4. The first-order valence-corrected chi connectivity index (χ1v) is 29.8. The van der Waals surface area contributed by atoms with Gasteiger partial charge >= 0.3 is 0 Å². The average molecular weight is 1160 g/mol. The second-order valence-corrected chi connectivity index (χ2v) is 15.9. The van der Waals surface area contributed by atoms with Gasteiger partial charge in [0.25, 0.3) is 0 Å². The van der Waals surface area contributed by atoms with Crippen LogP contribution in [-0.4, -0.2) is 79.0 Å². The summed E-state index contributed by atoms with van der Waals surface area (Å²) >= 11 is 6.13. The van der Waals surface area contributed by atoms with Gasteiger partial charge in [-0.2, -0.15) is 24.8 Å². The fraction of sp³-hybridized carbons (Fsp3) is 0.500. The molecule has 22 heteroatoms. The summed E-state index contributed by atoms with van der Waals surface area (Å²) in [5, 5.41) is 47.4. The fourth-order valence-electron chi connectivity index (χ4n) is 3.19. The number of hydrogen-bond donors (Lipinski definition) is 3. The highest BCUT2D eigenvalue weighted by Crippen LogP contribution is 2.04. The number of rotatable bonds is 0. The molecule has 0 atom stereocenters. The Kier molecular flexibility index (Phi) is 84.7. The first-order chi connectivity index (χ1) is 37.7. The first kappa shape index (κ1) is 88.3. The van der Waals surface area contributed by atoms with Crippen molar-refractivity contribution in [3.63, 3.8) is 0 Å². The number of hydrogen-bond acceptors (Lipinski definition) is 18. The van der Waals surface area contributed by atoms with Crippen LogP contribution in [0.4, 0.5) is 0 Å². The summed E-state index contributed by atoms with van der Waals surface area (Å²) in [4.78, 5) is 1.27. The van der Waals surface area contributed by atoms with Crippen molar-refractivity contribution in [1.29, 1.82) is 0 Å². The molecule has 10 aromatic heterocycles. The van der Waals surface area contributed by atoms with Gasteiger partial charge in [-0.1, -0.05) is 116 Å². The normalized spacial score (nSPS) is 7.74. The van der Waals surface area contributed by atoms with Gasteiger partial charge in [-0.25, -0.2) is 8.75 Å². The van der Waals surface area contributed by atoms with Gasteiger partial charge in [-0.05, 0) is 138 Å². The van der Waals surface area contributed by atoms with Crippen LogP contribution in [-0.2, 0) is 7.05 Å². The van der Waals surface area contributed by atoms with E-state index < -0.39 is 0 Å². The Morgan fingerprint density at radius 1 is 0.513 bits per heavy atom. The molecule has 0 aliphatic rings. The predicted molar refractivity (Wildman–Crippen MR) is 339 cm³/mol. The fourth-order valence-corrected chi connectivity index (χ4v) is 5.25. The average Bonchev–Trinajstić information content (AvgIpc) is 4.29. The van der Waals surface area contributed by atoms with Crippen molar-refractivity contribution in [3.05, 3.63) is 164 Å². The Hall–Kier alpha value is -6.36. The smallest absolute Gasteiger partial charge is 0.213 e. The van der Waals surface area contributed by atoms with Crippen molar-refractivity contribution in [1.82, 2.24) is 79.0 Å². The zero-order chi connectivity index (χ0) is 61.8. The van der Waals surface area contributed by atoms with Gasteiger partial charge in [-0.3, -0.25) is 20.0 Å². The third-order valence-electron chi connectivity index (χ3n) is 6.06. The van der Waals surface area contributed by atoms with Gasteiger partial charge in [0.05, 0.1) is 18.1 Å². The molecule has 0 spiro atoms. The first-order valence-electron chi connectivity index (χ1n) is 26.5. The van der Waals surface area contributed by atoms with Crippen molar-refractivity contribution in [2.24, 2.45) is 7.05 Å². The third kappa shape index (κ3) is 71.7. The molecule has 0 aromatic carbocycles. The van der Waals surface area contributed by atoms with Crippen molar-refractivity contribution >= 4 is 45.9 Å². The summed E-state index contributed by atoms with van der Waals surface area (Å²) in [6.45, 7) is 53.3. The van der Waals surface area contributed by atoms with Crippen LogP contribution in [0.15, 0.2) is 112 Å². The molecule has 0 aliphatic carbocycles. The summed E-state index contributed by atoms with van der Waals surface area (Å²) < 4.78 is 22.9. The van der Waals surface area contributed by atoms with Crippen LogP contribution in [0.2, 0.25) is 0 Å². The molecule has 0 bridgehead atoms. The zero-order valence-electron chi connectivity index (χ0n) is 53.1. The van der Waals surface area contributed by atoms with E-state index in [0.29, 0.717) is 11.8 Å². The van der Waals surface area contributed by atoms with Crippen LogP contribution in [0.5, 0.6) is 0 Å². The van der Waals surface area contributed by atoms with Gasteiger partial charge < -0.3 is 8.94 Å². The maximum atomic E-state index is 4.86. The third-order valence-corrected chi connectivity index (χ3v) is 8.82. The van der Waals surface area contributed by atoms with E-state index in [1.54, 1.807) is 73.1 Å². The standard InChI is InChI=1S/C4H6N2O.C4H6N2S.4C4H6N2.C4H5NO.3C4H5NS.8C2H6/c2*1-3-5-6-4(2)7-3;1-4-2-5-6-3-4;1-6-4-2-3-5-6;3*1-4-2-3-5-6-4;1-4-2-5-6-3-4;1-4-2-3-6-5-4;1-4-2-3-5-6-4;8*1-2/h2*1-2H3;2-3H,1H3,(H,5,6);2-4H,1H3;2*2-3H,1H3,(H,5,6);4*2-3H,1H3;8*1-2H3. The van der Waals surface area contributed by atoms with Crippen LogP contribution < -0.4 is 0 Å². The Labute approximate surface area is 488 Å². The lowest BCUT2D eigenvalue weighted by molar-refractivity contribution is 0.397. The molecule has 0 aliphatic heterocycles. The molecule has 0 unspecified atom stereocenters. The zero-order valence-corrected chi connectivity index (χ0v) is 56.3. The molecular weight excluding hydrogens is 1060 g/mol.